The maximum atomic E-state index is 11.9. The molecule has 6 nitrogen and oxygen atoms in total. The molecule has 1 aliphatic carbocycles. The van der Waals surface area contributed by atoms with Crippen LogP contribution in [0.5, 0.6) is 0 Å². The number of carbonyl (C=O) groups excluding carboxylic acids is 1. The van der Waals surface area contributed by atoms with Gasteiger partial charge in [0.25, 0.3) is 0 Å². The van der Waals surface area contributed by atoms with Crippen LogP contribution in [0.2, 0.25) is 0 Å². The number of aromatic amines is 1. The highest BCUT2D eigenvalue weighted by molar-refractivity contribution is 5.75. The summed E-state index contributed by atoms with van der Waals surface area (Å²) in [6, 6.07) is 0.457. The number of likely N-dealkylation sites (tertiary alicyclic amines) is 1. The number of fused-ring (bicyclic) bond motifs is 1. The van der Waals surface area contributed by atoms with Crippen LogP contribution >= 0.6 is 0 Å². The second-order valence-corrected chi connectivity index (χ2v) is 8.34. The lowest BCUT2D eigenvalue weighted by molar-refractivity contribution is -0.158. The van der Waals surface area contributed by atoms with Crippen molar-refractivity contribution in [2.24, 2.45) is 11.3 Å². The Morgan fingerprint density at radius 2 is 2.25 bits per heavy atom. The van der Waals surface area contributed by atoms with Crippen LogP contribution in [0.1, 0.15) is 44.9 Å². The quantitative estimate of drug-likeness (QED) is 0.853. The van der Waals surface area contributed by atoms with Gasteiger partial charge in [0.2, 0.25) is 5.91 Å². The zero-order chi connectivity index (χ0) is 17.1. The van der Waals surface area contributed by atoms with Gasteiger partial charge in [-0.05, 0) is 30.7 Å². The minimum Gasteiger partial charge on any atom is -0.391 e. The van der Waals surface area contributed by atoms with Gasteiger partial charge in [0.1, 0.15) is 0 Å². The summed E-state index contributed by atoms with van der Waals surface area (Å²) in [5, 5.41) is 18.0. The first-order chi connectivity index (χ1) is 11.4. The van der Waals surface area contributed by atoms with Gasteiger partial charge in [-0.15, -0.1) is 0 Å². The predicted molar refractivity (Wildman–Crippen MR) is 90.2 cm³/mol. The van der Waals surface area contributed by atoms with Crippen molar-refractivity contribution in [1.82, 2.24) is 20.0 Å². The molecule has 24 heavy (non-hydrogen) atoms. The van der Waals surface area contributed by atoms with Gasteiger partial charge in [-0.25, -0.2) is 0 Å². The van der Waals surface area contributed by atoms with Crippen molar-refractivity contribution in [2.75, 3.05) is 13.1 Å². The van der Waals surface area contributed by atoms with Crippen molar-refractivity contribution in [1.29, 1.82) is 0 Å². The topological polar surface area (TPSA) is 72.5 Å². The maximum absolute atomic E-state index is 11.9. The number of H-pyrrole nitrogens is 1. The molecule has 0 radical (unpaired) electrons. The Kier molecular flexibility index (Phi) is 3.73. The Balaban J connectivity index is 1.51. The number of hydrogen-bond acceptors (Lipinski definition) is 4. The summed E-state index contributed by atoms with van der Waals surface area (Å²) in [5.41, 5.74) is 2.59. The van der Waals surface area contributed by atoms with E-state index in [-0.39, 0.29) is 29.5 Å². The fourth-order valence-electron chi connectivity index (χ4n) is 5.57. The van der Waals surface area contributed by atoms with Gasteiger partial charge in [-0.2, -0.15) is 5.10 Å². The normalized spacial score (nSPS) is 36.2. The van der Waals surface area contributed by atoms with E-state index in [1.165, 1.54) is 11.3 Å². The van der Waals surface area contributed by atoms with Gasteiger partial charge in [-0.3, -0.25) is 14.8 Å². The summed E-state index contributed by atoms with van der Waals surface area (Å²) in [4.78, 5) is 16.3. The van der Waals surface area contributed by atoms with Gasteiger partial charge in [0.05, 0.1) is 18.0 Å². The molecule has 1 aromatic rings. The van der Waals surface area contributed by atoms with Crippen molar-refractivity contribution in [2.45, 2.75) is 64.8 Å². The molecule has 3 aliphatic rings. The van der Waals surface area contributed by atoms with E-state index in [2.05, 4.69) is 28.9 Å². The molecule has 2 N–H and O–H groups in total. The zero-order valence-electron chi connectivity index (χ0n) is 14.8. The number of carbonyl (C=O) groups is 1. The van der Waals surface area contributed by atoms with E-state index in [0.29, 0.717) is 5.92 Å². The van der Waals surface area contributed by atoms with Gasteiger partial charge < -0.3 is 10.0 Å². The third-order valence-electron chi connectivity index (χ3n) is 6.47. The second-order valence-electron chi connectivity index (χ2n) is 8.34. The molecule has 4 rings (SSSR count). The Hall–Kier alpha value is -1.40. The van der Waals surface area contributed by atoms with Crippen molar-refractivity contribution < 1.29 is 9.90 Å². The van der Waals surface area contributed by atoms with E-state index in [1.54, 1.807) is 6.92 Å². The highest BCUT2D eigenvalue weighted by atomic mass is 16.3. The largest absolute Gasteiger partial charge is 0.391 e. The van der Waals surface area contributed by atoms with Crippen LogP contribution in [0.3, 0.4) is 0 Å². The number of nitrogens with zero attached hydrogens (tertiary/aromatic N) is 3. The smallest absolute Gasteiger partial charge is 0.219 e. The average molecular weight is 332 g/mol. The maximum Gasteiger partial charge on any atom is 0.219 e. The van der Waals surface area contributed by atoms with Gasteiger partial charge in [0, 0.05) is 44.1 Å². The molecule has 2 fully saturated rings. The monoisotopic (exact) mass is 332 g/mol. The molecular formula is C18H28N4O2. The summed E-state index contributed by atoms with van der Waals surface area (Å²) in [6.07, 6.45) is 4.42. The first-order valence-corrected chi connectivity index (χ1v) is 9.12. The molecular weight excluding hydrogens is 304 g/mol. The Labute approximate surface area is 143 Å². The molecule has 1 spiro atoms. The highest BCUT2D eigenvalue weighted by Gasteiger charge is 2.60. The second kappa shape index (κ2) is 5.56. The predicted octanol–water partition coefficient (Wildman–Crippen LogP) is 1.16. The SMILES string of the molecule is CC(=O)N1CC2(C[C@@H](O)[C@H](N3CCc4cn[nH]c4C3)C2)C1C(C)C. The number of aliphatic hydroxyl groups is 1. The molecule has 1 amide bonds. The number of hydrogen-bond donors (Lipinski definition) is 2. The average Bonchev–Trinajstić information content (AvgIpc) is 3.08. The van der Waals surface area contributed by atoms with E-state index < -0.39 is 0 Å². The van der Waals surface area contributed by atoms with Crippen LogP contribution in [0.4, 0.5) is 0 Å². The summed E-state index contributed by atoms with van der Waals surface area (Å²) in [5.74, 6) is 0.589. The zero-order valence-corrected chi connectivity index (χ0v) is 14.8. The van der Waals surface area contributed by atoms with Crippen LogP contribution < -0.4 is 0 Å². The van der Waals surface area contributed by atoms with Crippen LogP contribution in [0.15, 0.2) is 6.20 Å². The summed E-state index contributed by atoms with van der Waals surface area (Å²) in [7, 11) is 0. The Morgan fingerprint density at radius 1 is 1.46 bits per heavy atom. The van der Waals surface area contributed by atoms with Crippen molar-refractivity contribution in [3.63, 3.8) is 0 Å². The summed E-state index contributed by atoms with van der Waals surface area (Å²) < 4.78 is 0. The van der Waals surface area contributed by atoms with E-state index >= 15 is 0 Å². The van der Waals surface area contributed by atoms with Crippen molar-refractivity contribution >= 4 is 5.91 Å². The molecule has 4 atom stereocenters. The minimum atomic E-state index is -0.301. The molecule has 1 saturated heterocycles. The third-order valence-corrected chi connectivity index (χ3v) is 6.47. The molecule has 2 unspecified atom stereocenters. The Morgan fingerprint density at radius 3 is 2.96 bits per heavy atom. The molecule has 1 saturated carbocycles. The van der Waals surface area contributed by atoms with Gasteiger partial charge >= 0.3 is 0 Å². The molecule has 0 aromatic carbocycles. The molecule has 1 aromatic heterocycles. The van der Waals surface area contributed by atoms with E-state index in [0.717, 1.165) is 38.9 Å². The molecule has 3 heterocycles. The van der Waals surface area contributed by atoms with Crippen LogP contribution in [-0.4, -0.2) is 62.3 Å². The van der Waals surface area contributed by atoms with Crippen molar-refractivity contribution in [3.05, 3.63) is 17.5 Å². The fourth-order valence-corrected chi connectivity index (χ4v) is 5.57. The minimum absolute atomic E-state index is 0.0954. The number of aromatic nitrogens is 2. The first kappa shape index (κ1) is 16.1. The Bertz CT molecular complexity index is 643. The first-order valence-electron chi connectivity index (χ1n) is 9.12. The highest BCUT2D eigenvalue weighted by Crippen LogP contribution is 2.54. The van der Waals surface area contributed by atoms with Crippen LogP contribution in [0, 0.1) is 11.3 Å². The number of amides is 1. The van der Waals surface area contributed by atoms with E-state index in [1.807, 2.05) is 11.1 Å². The van der Waals surface area contributed by atoms with E-state index in [9.17, 15) is 9.90 Å². The van der Waals surface area contributed by atoms with Crippen LogP contribution in [-0.2, 0) is 17.8 Å². The lowest BCUT2D eigenvalue weighted by Gasteiger charge is -2.58. The summed E-state index contributed by atoms with van der Waals surface area (Å²) in [6.45, 7) is 8.68. The van der Waals surface area contributed by atoms with E-state index in [4.69, 9.17) is 0 Å². The van der Waals surface area contributed by atoms with Crippen LogP contribution in [0.25, 0.3) is 0 Å². The van der Waals surface area contributed by atoms with Crippen molar-refractivity contribution in [3.8, 4) is 0 Å². The standard InChI is InChI=1S/C18H28N4O2/c1-11(2)17-18(10-22(17)12(3)23)6-15(16(24)7-18)21-5-4-13-8-19-20-14(13)9-21/h8,11,15-17,24H,4-7,9-10H2,1-3H3,(H,19,20)/t15-,16-,17?,18?/m1/s1. The molecule has 2 aliphatic heterocycles. The third kappa shape index (κ3) is 2.30. The lowest BCUT2D eigenvalue weighted by Crippen LogP contribution is -2.67. The van der Waals surface area contributed by atoms with Gasteiger partial charge in [0.15, 0.2) is 0 Å². The molecule has 132 valence electrons. The molecule has 6 heteroatoms. The fraction of sp³-hybridized carbons (Fsp3) is 0.778. The molecule has 0 bridgehead atoms. The van der Waals surface area contributed by atoms with Gasteiger partial charge in [-0.1, -0.05) is 13.8 Å². The number of nitrogens with one attached hydrogen (secondary N) is 1. The lowest BCUT2D eigenvalue weighted by atomic mass is 9.65. The number of rotatable bonds is 2. The summed E-state index contributed by atoms with van der Waals surface area (Å²) >= 11 is 0. The number of aliphatic hydroxyl groups excluding tert-OH is 1.